The van der Waals surface area contributed by atoms with Crippen LogP contribution in [0.1, 0.15) is 27.2 Å². The van der Waals surface area contributed by atoms with E-state index >= 15 is 0 Å². The second-order valence-electron chi connectivity index (χ2n) is 4.77. The van der Waals surface area contributed by atoms with Crippen LogP contribution in [-0.2, 0) is 0 Å². The lowest BCUT2D eigenvalue weighted by atomic mass is 10.1. The molecule has 0 fully saturated rings. The smallest absolute Gasteiger partial charge is 0.226 e. The minimum Gasteiger partial charge on any atom is -0.357 e. The molecule has 2 aromatic heterocycles. The molecule has 2 N–H and O–H groups in total. The highest BCUT2D eigenvalue weighted by Crippen LogP contribution is 2.23. The van der Waals surface area contributed by atoms with Gasteiger partial charge in [0.2, 0.25) is 5.95 Å². The highest BCUT2D eigenvalue weighted by atomic mass is 15.2. The van der Waals surface area contributed by atoms with E-state index in [1.54, 1.807) is 6.33 Å². The maximum atomic E-state index is 4.58. The molecular formula is C13H22N6. The predicted molar refractivity (Wildman–Crippen MR) is 78.6 cm³/mol. The number of aromatic amines is 1. The molecule has 6 nitrogen and oxygen atoms in total. The van der Waals surface area contributed by atoms with Crippen LogP contribution < -0.4 is 10.2 Å². The van der Waals surface area contributed by atoms with Crippen molar-refractivity contribution in [3.8, 4) is 0 Å². The fourth-order valence-corrected chi connectivity index (χ4v) is 2.03. The van der Waals surface area contributed by atoms with Crippen molar-refractivity contribution >= 4 is 22.9 Å². The Labute approximate surface area is 113 Å². The minimum atomic E-state index is 0.609. The molecule has 1 unspecified atom stereocenters. The number of rotatable bonds is 6. The van der Waals surface area contributed by atoms with Gasteiger partial charge in [0.25, 0.3) is 0 Å². The number of nitrogens with zero attached hydrogens (tertiary/aromatic N) is 4. The number of aromatic nitrogens is 4. The van der Waals surface area contributed by atoms with Crippen LogP contribution in [0.25, 0.3) is 11.2 Å². The summed E-state index contributed by atoms with van der Waals surface area (Å²) in [6.07, 6.45) is 2.83. The number of hydrogen-bond donors (Lipinski definition) is 2. The molecule has 0 saturated heterocycles. The van der Waals surface area contributed by atoms with E-state index in [4.69, 9.17) is 0 Å². The third kappa shape index (κ3) is 2.77. The van der Waals surface area contributed by atoms with Gasteiger partial charge < -0.3 is 15.2 Å². The molecule has 104 valence electrons. The zero-order chi connectivity index (χ0) is 13.8. The first-order valence-corrected chi connectivity index (χ1v) is 6.83. The highest BCUT2D eigenvalue weighted by Gasteiger charge is 2.16. The monoisotopic (exact) mass is 262 g/mol. The summed E-state index contributed by atoms with van der Waals surface area (Å²) in [7, 11) is 1.82. The van der Waals surface area contributed by atoms with Gasteiger partial charge in [0.05, 0.1) is 6.33 Å². The zero-order valence-corrected chi connectivity index (χ0v) is 12.1. The summed E-state index contributed by atoms with van der Waals surface area (Å²) >= 11 is 0. The number of fused-ring (bicyclic) bond motifs is 1. The average Bonchev–Trinajstić information content (AvgIpc) is 2.91. The van der Waals surface area contributed by atoms with Gasteiger partial charge in [-0.15, -0.1) is 0 Å². The van der Waals surface area contributed by atoms with Crippen molar-refractivity contribution in [2.75, 3.05) is 30.4 Å². The molecule has 0 bridgehead atoms. The molecule has 0 radical (unpaired) electrons. The molecule has 2 aromatic rings. The van der Waals surface area contributed by atoms with Gasteiger partial charge in [-0.2, -0.15) is 9.97 Å². The van der Waals surface area contributed by atoms with Gasteiger partial charge in [-0.1, -0.05) is 20.3 Å². The van der Waals surface area contributed by atoms with E-state index in [2.05, 4.69) is 50.9 Å². The van der Waals surface area contributed by atoms with Gasteiger partial charge in [-0.3, -0.25) is 0 Å². The Morgan fingerprint density at radius 2 is 2.16 bits per heavy atom. The summed E-state index contributed by atoms with van der Waals surface area (Å²) in [5, 5.41) is 2.99. The maximum Gasteiger partial charge on any atom is 0.226 e. The van der Waals surface area contributed by atoms with Crippen molar-refractivity contribution in [2.45, 2.75) is 27.2 Å². The van der Waals surface area contributed by atoms with Gasteiger partial charge in [0, 0.05) is 20.1 Å². The van der Waals surface area contributed by atoms with Gasteiger partial charge in [-0.25, -0.2) is 4.98 Å². The van der Waals surface area contributed by atoms with Gasteiger partial charge in [0.15, 0.2) is 11.5 Å². The molecule has 0 spiro atoms. The molecule has 6 heteroatoms. The normalized spacial score (nSPS) is 12.6. The SMILES string of the molecule is CCC(C)CN(CC)c1nc(NC)nc2nc[nH]c12. The Morgan fingerprint density at radius 1 is 1.37 bits per heavy atom. The molecule has 2 heterocycles. The molecule has 1 atom stereocenters. The fourth-order valence-electron chi connectivity index (χ4n) is 2.03. The third-order valence-corrected chi connectivity index (χ3v) is 3.40. The molecule has 0 aliphatic heterocycles. The molecule has 19 heavy (non-hydrogen) atoms. The van der Waals surface area contributed by atoms with Crippen LogP contribution >= 0.6 is 0 Å². The first kappa shape index (κ1) is 13.6. The quantitative estimate of drug-likeness (QED) is 0.835. The van der Waals surface area contributed by atoms with Crippen LogP contribution in [0, 0.1) is 5.92 Å². The van der Waals surface area contributed by atoms with E-state index in [0.29, 0.717) is 17.5 Å². The molecule has 0 aromatic carbocycles. The van der Waals surface area contributed by atoms with Crippen molar-refractivity contribution in [3.05, 3.63) is 6.33 Å². The van der Waals surface area contributed by atoms with E-state index in [-0.39, 0.29) is 0 Å². The van der Waals surface area contributed by atoms with E-state index in [1.807, 2.05) is 7.05 Å². The molecule has 0 saturated carbocycles. The average molecular weight is 262 g/mol. The summed E-state index contributed by atoms with van der Waals surface area (Å²) in [5.74, 6) is 2.16. The number of imidazole rings is 1. The summed E-state index contributed by atoms with van der Waals surface area (Å²) in [6.45, 7) is 8.52. The van der Waals surface area contributed by atoms with Crippen LogP contribution in [0.5, 0.6) is 0 Å². The van der Waals surface area contributed by atoms with Crippen molar-refractivity contribution in [2.24, 2.45) is 5.92 Å². The Kier molecular flexibility index (Phi) is 4.19. The Hall–Kier alpha value is -1.85. The minimum absolute atomic E-state index is 0.609. The predicted octanol–water partition coefficient (Wildman–Crippen LogP) is 2.27. The molecule has 2 rings (SSSR count). The van der Waals surface area contributed by atoms with Crippen LogP contribution in [0.3, 0.4) is 0 Å². The maximum absolute atomic E-state index is 4.58. The third-order valence-electron chi connectivity index (χ3n) is 3.40. The lowest BCUT2D eigenvalue weighted by Crippen LogP contribution is -2.29. The topological polar surface area (TPSA) is 69.7 Å². The standard InChI is InChI=1S/C13H22N6/c1-5-9(3)7-19(6-2)12-10-11(16-8-15-10)17-13(14-4)18-12/h8-9H,5-7H2,1-4H3,(H2,14,15,16,17,18). The highest BCUT2D eigenvalue weighted by molar-refractivity contribution is 5.84. The number of anilines is 2. The number of H-pyrrole nitrogens is 1. The molecular weight excluding hydrogens is 240 g/mol. The van der Waals surface area contributed by atoms with Crippen molar-refractivity contribution in [3.63, 3.8) is 0 Å². The summed E-state index contributed by atoms with van der Waals surface area (Å²) < 4.78 is 0. The van der Waals surface area contributed by atoms with Gasteiger partial charge in [-0.05, 0) is 12.8 Å². The summed E-state index contributed by atoms with van der Waals surface area (Å²) in [4.78, 5) is 18.6. The number of nitrogens with one attached hydrogen (secondary N) is 2. The lowest BCUT2D eigenvalue weighted by Gasteiger charge is -2.25. The largest absolute Gasteiger partial charge is 0.357 e. The second-order valence-corrected chi connectivity index (χ2v) is 4.77. The molecule has 0 aliphatic carbocycles. The van der Waals surface area contributed by atoms with Crippen LogP contribution in [-0.4, -0.2) is 40.1 Å². The fraction of sp³-hybridized carbons (Fsp3) is 0.615. The molecule has 0 aliphatic rings. The second kappa shape index (κ2) is 5.86. The Morgan fingerprint density at radius 3 is 2.79 bits per heavy atom. The first-order chi connectivity index (χ1) is 9.19. The van der Waals surface area contributed by atoms with Crippen molar-refractivity contribution in [1.29, 1.82) is 0 Å². The first-order valence-electron chi connectivity index (χ1n) is 6.83. The Balaban J connectivity index is 2.42. The van der Waals surface area contributed by atoms with E-state index in [1.165, 1.54) is 0 Å². The zero-order valence-electron chi connectivity index (χ0n) is 12.1. The lowest BCUT2D eigenvalue weighted by molar-refractivity contribution is 0.546. The van der Waals surface area contributed by atoms with E-state index in [9.17, 15) is 0 Å². The van der Waals surface area contributed by atoms with Crippen molar-refractivity contribution < 1.29 is 0 Å². The van der Waals surface area contributed by atoms with Crippen molar-refractivity contribution in [1.82, 2.24) is 19.9 Å². The van der Waals surface area contributed by atoms with Crippen LogP contribution in [0.2, 0.25) is 0 Å². The summed E-state index contributed by atoms with van der Waals surface area (Å²) in [5.41, 5.74) is 1.61. The van der Waals surface area contributed by atoms with Gasteiger partial charge in [0.1, 0.15) is 5.52 Å². The van der Waals surface area contributed by atoms with E-state index in [0.717, 1.165) is 30.8 Å². The Bertz CT molecular complexity index is 535. The summed E-state index contributed by atoms with van der Waals surface area (Å²) in [6, 6.07) is 0. The van der Waals surface area contributed by atoms with Gasteiger partial charge >= 0.3 is 0 Å². The van der Waals surface area contributed by atoms with E-state index < -0.39 is 0 Å². The molecule has 0 amide bonds. The number of hydrogen-bond acceptors (Lipinski definition) is 5. The van der Waals surface area contributed by atoms with Crippen LogP contribution in [0.15, 0.2) is 6.33 Å². The van der Waals surface area contributed by atoms with Crippen LogP contribution in [0.4, 0.5) is 11.8 Å².